The Balaban J connectivity index is 1.45. The number of rotatable bonds is 6. The van der Waals surface area contributed by atoms with Gasteiger partial charge in [0.15, 0.2) is 0 Å². The Kier molecular flexibility index (Phi) is 6.65. The quantitative estimate of drug-likeness (QED) is 0.243. The van der Waals surface area contributed by atoms with E-state index < -0.39 is 0 Å². The second kappa shape index (κ2) is 9.77. The number of ether oxygens (including phenoxy) is 1. The molecule has 0 saturated heterocycles. The van der Waals surface area contributed by atoms with Crippen LogP contribution >= 0.6 is 27.5 Å². The maximum absolute atomic E-state index is 12.2. The molecule has 0 aliphatic rings. The van der Waals surface area contributed by atoms with Crippen LogP contribution in [0.25, 0.3) is 10.8 Å². The van der Waals surface area contributed by atoms with Gasteiger partial charge in [0.05, 0.1) is 6.21 Å². The summed E-state index contributed by atoms with van der Waals surface area (Å²) in [6.07, 6.45) is 1.56. The van der Waals surface area contributed by atoms with Gasteiger partial charge in [-0.2, -0.15) is 5.10 Å². The Morgan fingerprint density at radius 1 is 0.968 bits per heavy atom. The Hall–Kier alpha value is -3.15. The molecule has 0 spiro atoms. The number of benzene rings is 4. The molecule has 0 saturated carbocycles. The van der Waals surface area contributed by atoms with Gasteiger partial charge in [0, 0.05) is 20.6 Å². The van der Waals surface area contributed by atoms with Gasteiger partial charge in [-0.1, -0.05) is 63.9 Å². The van der Waals surface area contributed by atoms with Crippen molar-refractivity contribution in [3.63, 3.8) is 0 Å². The minimum atomic E-state index is -0.318. The van der Waals surface area contributed by atoms with Crippen LogP contribution in [0.4, 0.5) is 0 Å². The Morgan fingerprint density at radius 3 is 2.55 bits per heavy atom. The van der Waals surface area contributed by atoms with Crippen molar-refractivity contribution in [3.05, 3.63) is 111 Å². The van der Waals surface area contributed by atoms with E-state index in [1.165, 1.54) is 10.8 Å². The summed E-state index contributed by atoms with van der Waals surface area (Å²) in [5.41, 5.74) is 4.81. The average Bonchev–Trinajstić information content (AvgIpc) is 2.79. The summed E-state index contributed by atoms with van der Waals surface area (Å²) in [6, 6.07) is 26.7. The number of nitrogens with one attached hydrogen (secondary N) is 1. The predicted octanol–water partition coefficient (Wildman–Crippen LogP) is 6.60. The van der Waals surface area contributed by atoms with Crippen LogP contribution in [-0.2, 0) is 6.61 Å². The number of hydrazone groups is 1. The van der Waals surface area contributed by atoms with E-state index in [0.29, 0.717) is 22.9 Å². The van der Waals surface area contributed by atoms with Gasteiger partial charge in [0.1, 0.15) is 12.4 Å². The van der Waals surface area contributed by atoms with Crippen LogP contribution in [0, 0.1) is 0 Å². The molecular formula is C25H18BrClN2O2. The molecule has 4 nitrogen and oxygen atoms in total. The summed E-state index contributed by atoms with van der Waals surface area (Å²) in [5.74, 6) is 0.349. The Labute approximate surface area is 193 Å². The molecule has 0 aliphatic heterocycles. The van der Waals surface area contributed by atoms with Crippen LogP contribution in [0.15, 0.2) is 94.5 Å². The Morgan fingerprint density at radius 2 is 1.74 bits per heavy atom. The lowest BCUT2D eigenvalue weighted by molar-refractivity contribution is 0.0955. The molecule has 0 heterocycles. The zero-order valence-corrected chi connectivity index (χ0v) is 18.7. The van der Waals surface area contributed by atoms with Crippen LogP contribution in [0.5, 0.6) is 5.75 Å². The maximum atomic E-state index is 12.2. The maximum Gasteiger partial charge on any atom is 0.271 e. The van der Waals surface area contributed by atoms with Gasteiger partial charge in [-0.15, -0.1) is 0 Å². The fraction of sp³-hybridized carbons (Fsp3) is 0.0400. The summed E-state index contributed by atoms with van der Waals surface area (Å²) in [6.45, 7) is 0.421. The number of halogens is 2. The minimum absolute atomic E-state index is 0.318. The van der Waals surface area contributed by atoms with Gasteiger partial charge in [-0.05, 0) is 64.9 Å². The second-order valence-electron chi connectivity index (χ2n) is 6.86. The first-order valence-electron chi connectivity index (χ1n) is 9.57. The normalized spacial score (nSPS) is 11.0. The van der Waals surface area contributed by atoms with Crippen LogP contribution in [0.2, 0.25) is 5.02 Å². The standard InChI is InChI=1S/C25H18BrClN2O2/c26-22-9-12-24(31-16-17-5-6-18-3-1-2-4-20(18)13-17)21(14-22)15-28-29-25(30)19-7-10-23(27)11-8-19/h1-15H,16H2,(H,29,30)/b28-15-. The van der Waals surface area contributed by atoms with Crippen LogP contribution < -0.4 is 10.2 Å². The molecule has 0 atom stereocenters. The van der Waals surface area contributed by atoms with Crippen molar-refractivity contribution >= 4 is 50.4 Å². The monoisotopic (exact) mass is 492 g/mol. The Bertz CT molecular complexity index is 1260. The third kappa shape index (κ3) is 5.51. The fourth-order valence-electron chi connectivity index (χ4n) is 3.07. The van der Waals surface area contributed by atoms with E-state index in [9.17, 15) is 4.79 Å². The molecule has 0 unspecified atom stereocenters. The smallest absolute Gasteiger partial charge is 0.271 e. The van der Waals surface area contributed by atoms with Crippen LogP contribution in [0.1, 0.15) is 21.5 Å². The molecule has 0 radical (unpaired) electrons. The lowest BCUT2D eigenvalue weighted by Gasteiger charge is -2.10. The van der Waals surface area contributed by atoms with Crippen molar-refractivity contribution in [2.24, 2.45) is 5.10 Å². The molecule has 1 amide bonds. The molecule has 31 heavy (non-hydrogen) atoms. The van der Waals surface area contributed by atoms with Gasteiger partial charge < -0.3 is 4.74 Å². The van der Waals surface area contributed by atoms with Gasteiger partial charge in [-0.25, -0.2) is 5.43 Å². The lowest BCUT2D eigenvalue weighted by atomic mass is 10.1. The minimum Gasteiger partial charge on any atom is -0.488 e. The highest BCUT2D eigenvalue weighted by molar-refractivity contribution is 9.10. The number of carbonyl (C=O) groups is 1. The van der Waals surface area contributed by atoms with E-state index in [0.717, 1.165) is 15.6 Å². The van der Waals surface area contributed by atoms with E-state index in [2.05, 4.69) is 56.8 Å². The third-order valence-corrected chi connectivity index (χ3v) is 5.40. The van der Waals surface area contributed by atoms with E-state index in [4.69, 9.17) is 16.3 Å². The zero-order valence-electron chi connectivity index (χ0n) is 16.4. The molecule has 1 N–H and O–H groups in total. The lowest BCUT2D eigenvalue weighted by Crippen LogP contribution is -2.17. The first kappa shape index (κ1) is 21.1. The number of hydrogen-bond acceptors (Lipinski definition) is 3. The zero-order chi connectivity index (χ0) is 21.6. The van der Waals surface area contributed by atoms with E-state index in [1.807, 2.05) is 30.3 Å². The summed E-state index contributed by atoms with van der Waals surface area (Å²) in [5, 5.41) is 7.02. The molecule has 4 rings (SSSR count). The predicted molar refractivity (Wildman–Crippen MR) is 129 cm³/mol. The first-order chi connectivity index (χ1) is 15.1. The van der Waals surface area contributed by atoms with Crippen LogP contribution in [0.3, 0.4) is 0 Å². The van der Waals surface area contributed by atoms with Gasteiger partial charge in [0.2, 0.25) is 0 Å². The molecule has 4 aromatic carbocycles. The van der Waals surface area contributed by atoms with Gasteiger partial charge in [-0.3, -0.25) is 4.79 Å². The van der Waals surface area contributed by atoms with Crippen molar-refractivity contribution in [2.45, 2.75) is 6.61 Å². The summed E-state index contributed by atoms with van der Waals surface area (Å²) >= 11 is 9.32. The van der Waals surface area contributed by atoms with Gasteiger partial charge in [0.25, 0.3) is 5.91 Å². The number of fused-ring (bicyclic) bond motifs is 1. The molecule has 0 aromatic heterocycles. The largest absolute Gasteiger partial charge is 0.488 e. The highest BCUT2D eigenvalue weighted by atomic mass is 79.9. The summed E-state index contributed by atoms with van der Waals surface area (Å²) in [7, 11) is 0. The number of nitrogens with zero attached hydrogens (tertiary/aromatic N) is 1. The first-order valence-corrected chi connectivity index (χ1v) is 10.7. The third-order valence-electron chi connectivity index (χ3n) is 4.66. The van der Waals surface area contributed by atoms with Crippen molar-refractivity contribution in [3.8, 4) is 5.75 Å². The highest BCUT2D eigenvalue weighted by Gasteiger charge is 2.06. The van der Waals surface area contributed by atoms with Gasteiger partial charge >= 0.3 is 0 Å². The van der Waals surface area contributed by atoms with Crippen molar-refractivity contribution < 1.29 is 9.53 Å². The molecule has 0 aliphatic carbocycles. The van der Waals surface area contributed by atoms with E-state index >= 15 is 0 Å². The average molecular weight is 494 g/mol. The molecule has 0 fully saturated rings. The van der Waals surface area contributed by atoms with Crippen molar-refractivity contribution in [2.75, 3.05) is 0 Å². The molecule has 4 aromatic rings. The summed E-state index contributed by atoms with van der Waals surface area (Å²) < 4.78 is 6.93. The molecular weight excluding hydrogens is 476 g/mol. The van der Waals surface area contributed by atoms with E-state index in [-0.39, 0.29) is 5.91 Å². The topological polar surface area (TPSA) is 50.7 Å². The highest BCUT2D eigenvalue weighted by Crippen LogP contribution is 2.24. The van der Waals surface area contributed by atoms with Crippen molar-refractivity contribution in [1.29, 1.82) is 0 Å². The number of amides is 1. The molecule has 154 valence electrons. The van der Waals surface area contributed by atoms with E-state index in [1.54, 1.807) is 30.5 Å². The molecule has 6 heteroatoms. The summed E-state index contributed by atoms with van der Waals surface area (Å²) in [4.78, 5) is 12.2. The molecule has 0 bridgehead atoms. The fourth-order valence-corrected chi connectivity index (χ4v) is 3.57. The number of carbonyl (C=O) groups excluding carboxylic acids is 1. The van der Waals surface area contributed by atoms with Crippen molar-refractivity contribution in [1.82, 2.24) is 5.43 Å². The van der Waals surface area contributed by atoms with Crippen LogP contribution in [-0.4, -0.2) is 12.1 Å². The second-order valence-corrected chi connectivity index (χ2v) is 8.21. The SMILES string of the molecule is O=C(N/N=C\c1cc(Br)ccc1OCc1ccc2ccccc2c1)c1ccc(Cl)cc1. The number of hydrogen-bond donors (Lipinski definition) is 1.